The van der Waals surface area contributed by atoms with Crippen LogP contribution < -0.4 is 4.74 Å². The lowest BCUT2D eigenvalue weighted by Crippen LogP contribution is -2.31. The number of carbonyl (C=O) groups is 2. The molecule has 2 N–H and O–H groups in total. The van der Waals surface area contributed by atoms with Crippen LogP contribution in [0, 0.1) is 6.92 Å². The van der Waals surface area contributed by atoms with Gasteiger partial charge >= 0.3 is 0 Å². The van der Waals surface area contributed by atoms with E-state index in [4.69, 9.17) is 9.47 Å². The van der Waals surface area contributed by atoms with Gasteiger partial charge in [0.1, 0.15) is 23.9 Å². The molecule has 0 spiro atoms. The average molecular weight is 488 g/mol. The summed E-state index contributed by atoms with van der Waals surface area (Å²) < 4.78 is 11.0. The molecule has 1 fully saturated rings. The monoisotopic (exact) mass is 487 g/mol. The Balaban J connectivity index is 1.62. The summed E-state index contributed by atoms with van der Waals surface area (Å²) in [6, 6.07) is 20.3. The van der Waals surface area contributed by atoms with Gasteiger partial charge in [0.15, 0.2) is 0 Å². The third-order valence-corrected chi connectivity index (χ3v) is 6.11. The van der Waals surface area contributed by atoms with E-state index >= 15 is 0 Å². The largest absolute Gasteiger partial charge is 0.508 e. The number of hydrogen-bond donors (Lipinski definition) is 2. The van der Waals surface area contributed by atoms with Crippen molar-refractivity contribution in [2.45, 2.75) is 26.0 Å². The van der Waals surface area contributed by atoms with Crippen LogP contribution in [-0.4, -0.2) is 47.1 Å². The number of ketones is 1. The number of nitrogens with zero attached hydrogens (tertiary/aromatic N) is 1. The molecule has 1 amide bonds. The second kappa shape index (κ2) is 11.1. The van der Waals surface area contributed by atoms with Crippen molar-refractivity contribution in [2.75, 3.05) is 20.3 Å². The molecule has 0 unspecified atom stereocenters. The Morgan fingerprint density at radius 1 is 1.00 bits per heavy atom. The number of benzene rings is 3. The first kappa shape index (κ1) is 25.0. The molecule has 1 saturated heterocycles. The summed E-state index contributed by atoms with van der Waals surface area (Å²) in [5.41, 5.74) is 3.22. The van der Waals surface area contributed by atoms with Crippen molar-refractivity contribution in [3.05, 3.63) is 101 Å². The highest BCUT2D eigenvalue weighted by molar-refractivity contribution is 6.46. The normalized spacial score (nSPS) is 16.9. The molecule has 36 heavy (non-hydrogen) atoms. The number of likely N-dealkylation sites (tertiary alicyclic amines) is 1. The van der Waals surface area contributed by atoms with E-state index in [1.54, 1.807) is 43.5 Å². The number of amides is 1. The molecule has 0 aliphatic carbocycles. The van der Waals surface area contributed by atoms with Gasteiger partial charge in [0.05, 0.1) is 11.6 Å². The van der Waals surface area contributed by atoms with Gasteiger partial charge in [-0.2, -0.15) is 0 Å². The van der Waals surface area contributed by atoms with Crippen molar-refractivity contribution in [1.29, 1.82) is 0 Å². The predicted molar refractivity (Wildman–Crippen MR) is 136 cm³/mol. The molecule has 4 rings (SSSR count). The van der Waals surface area contributed by atoms with E-state index in [9.17, 15) is 19.8 Å². The number of aliphatic hydroxyl groups is 1. The first-order valence-corrected chi connectivity index (χ1v) is 11.7. The number of ether oxygens (including phenoxy) is 2. The Morgan fingerprint density at radius 3 is 2.39 bits per heavy atom. The van der Waals surface area contributed by atoms with Crippen LogP contribution in [0.15, 0.2) is 78.4 Å². The molecule has 1 aliphatic rings. The minimum atomic E-state index is -0.778. The molecular weight excluding hydrogens is 458 g/mol. The third kappa shape index (κ3) is 5.42. The highest BCUT2D eigenvalue weighted by Gasteiger charge is 2.45. The molecule has 3 aromatic carbocycles. The summed E-state index contributed by atoms with van der Waals surface area (Å²) in [6.07, 6.45) is 0.533. The van der Waals surface area contributed by atoms with Gasteiger partial charge in [-0.05, 0) is 60.9 Å². The highest BCUT2D eigenvalue weighted by atomic mass is 16.5. The Bertz CT molecular complexity index is 1260. The lowest BCUT2D eigenvalue weighted by Gasteiger charge is -2.25. The second-order valence-corrected chi connectivity index (χ2v) is 8.73. The number of carbonyl (C=O) groups excluding carboxylic acids is 2. The van der Waals surface area contributed by atoms with Crippen LogP contribution in [0.4, 0.5) is 0 Å². The number of rotatable bonds is 9. The maximum atomic E-state index is 13.1. The SMILES string of the molecule is COCCCN1C(=O)C(=O)/C(=C(/O)c2ccc(OCc3cccc(C)c3)cc2)[C@H]1c1ccc(O)cc1. The van der Waals surface area contributed by atoms with Crippen LogP contribution >= 0.6 is 0 Å². The fraction of sp³-hybridized carbons (Fsp3) is 0.241. The molecule has 0 bridgehead atoms. The van der Waals surface area contributed by atoms with Gasteiger partial charge in [0, 0.05) is 25.8 Å². The van der Waals surface area contributed by atoms with Crippen LogP contribution in [0.3, 0.4) is 0 Å². The van der Waals surface area contributed by atoms with Gasteiger partial charge in [0.2, 0.25) is 0 Å². The minimum absolute atomic E-state index is 0.0107. The van der Waals surface area contributed by atoms with Crippen molar-refractivity contribution in [2.24, 2.45) is 0 Å². The van der Waals surface area contributed by atoms with E-state index in [0.29, 0.717) is 36.5 Å². The van der Waals surface area contributed by atoms with E-state index in [1.165, 1.54) is 17.0 Å². The van der Waals surface area contributed by atoms with E-state index in [-0.39, 0.29) is 23.6 Å². The van der Waals surface area contributed by atoms with Gasteiger partial charge in [-0.25, -0.2) is 0 Å². The maximum absolute atomic E-state index is 13.1. The van der Waals surface area contributed by atoms with Crippen molar-refractivity contribution in [3.8, 4) is 11.5 Å². The summed E-state index contributed by atoms with van der Waals surface area (Å²) in [6.45, 7) is 3.13. The molecule has 3 aromatic rings. The van der Waals surface area contributed by atoms with Gasteiger partial charge in [-0.3, -0.25) is 9.59 Å². The zero-order valence-corrected chi connectivity index (χ0v) is 20.3. The summed E-state index contributed by atoms with van der Waals surface area (Å²) in [4.78, 5) is 27.4. The summed E-state index contributed by atoms with van der Waals surface area (Å²) >= 11 is 0. The third-order valence-electron chi connectivity index (χ3n) is 6.11. The zero-order valence-electron chi connectivity index (χ0n) is 20.3. The van der Waals surface area contributed by atoms with Crippen molar-refractivity contribution in [3.63, 3.8) is 0 Å². The first-order chi connectivity index (χ1) is 17.4. The van der Waals surface area contributed by atoms with E-state index < -0.39 is 17.7 Å². The number of aromatic hydroxyl groups is 1. The van der Waals surface area contributed by atoms with E-state index in [1.807, 2.05) is 25.1 Å². The molecule has 7 heteroatoms. The number of methoxy groups -OCH3 is 1. The Morgan fingerprint density at radius 2 is 1.72 bits per heavy atom. The molecule has 7 nitrogen and oxygen atoms in total. The Hall–Kier alpha value is -4.10. The predicted octanol–water partition coefficient (Wildman–Crippen LogP) is 4.74. The number of phenolic OH excluding ortho intramolecular Hbond substituents is 1. The molecule has 1 aliphatic heterocycles. The maximum Gasteiger partial charge on any atom is 0.295 e. The van der Waals surface area contributed by atoms with Crippen LogP contribution in [0.1, 0.15) is 34.7 Å². The summed E-state index contributed by atoms with van der Waals surface area (Å²) in [5, 5.41) is 20.9. The summed E-state index contributed by atoms with van der Waals surface area (Å²) in [7, 11) is 1.57. The second-order valence-electron chi connectivity index (χ2n) is 8.73. The number of phenols is 1. The molecule has 0 radical (unpaired) electrons. The smallest absolute Gasteiger partial charge is 0.295 e. The lowest BCUT2D eigenvalue weighted by molar-refractivity contribution is -0.140. The van der Waals surface area contributed by atoms with Crippen LogP contribution in [0.5, 0.6) is 11.5 Å². The van der Waals surface area contributed by atoms with Crippen LogP contribution in [0.25, 0.3) is 5.76 Å². The number of aryl methyl sites for hydroxylation is 1. The van der Waals surface area contributed by atoms with E-state index in [2.05, 4.69) is 6.07 Å². The Labute approximate surface area is 210 Å². The minimum Gasteiger partial charge on any atom is -0.508 e. The van der Waals surface area contributed by atoms with Crippen molar-refractivity contribution in [1.82, 2.24) is 4.90 Å². The fourth-order valence-electron chi connectivity index (χ4n) is 4.33. The van der Waals surface area contributed by atoms with Crippen molar-refractivity contribution < 1.29 is 29.3 Å². The zero-order chi connectivity index (χ0) is 25.7. The van der Waals surface area contributed by atoms with Gasteiger partial charge in [-0.15, -0.1) is 0 Å². The molecule has 0 saturated carbocycles. The van der Waals surface area contributed by atoms with Crippen molar-refractivity contribution >= 4 is 17.4 Å². The first-order valence-electron chi connectivity index (χ1n) is 11.7. The highest BCUT2D eigenvalue weighted by Crippen LogP contribution is 2.40. The molecule has 1 heterocycles. The molecule has 1 atom stereocenters. The summed E-state index contributed by atoms with van der Waals surface area (Å²) in [5.74, 6) is -1.00. The lowest BCUT2D eigenvalue weighted by atomic mass is 9.95. The molecular formula is C29H29NO6. The molecule has 0 aromatic heterocycles. The quantitative estimate of drug-likeness (QED) is 0.196. The van der Waals surface area contributed by atoms with Crippen LogP contribution in [0.2, 0.25) is 0 Å². The number of Topliss-reactive ketones (excluding diaryl/α,β-unsaturated/α-hetero) is 1. The number of hydrogen-bond acceptors (Lipinski definition) is 6. The van der Waals surface area contributed by atoms with Gasteiger partial charge in [0.25, 0.3) is 11.7 Å². The average Bonchev–Trinajstić information content (AvgIpc) is 3.13. The standard InChI is InChI=1S/C29H29NO6/c1-19-5-3-6-20(17-19)18-36-24-13-9-22(10-14-24)27(32)25-26(21-7-11-23(31)12-8-21)30(15-4-16-35-2)29(34)28(25)33/h3,5-14,17,26,31-32H,4,15-16,18H2,1-2H3/b27-25+/t26-/m1/s1. The fourth-order valence-corrected chi connectivity index (χ4v) is 4.33. The molecule has 186 valence electrons. The Kier molecular flexibility index (Phi) is 7.71. The van der Waals surface area contributed by atoms with Gasteiger partial charge in [-0.1, -0.05) is 42.0 Å². The number of aliphatic hydroxyl groups excluding tert-OH is 1. The van der Waals surface area contributed by atoms with E-state index in [0.717, 1.165) is 11.1 Å². The van der Waals surface area contributed by atoms with Crippen LogP contribution in [-0.2, 0) is 20.9 Å². The van der Waals surface area contributed by atoms with Gasteiger partial charge < -0.3 is 24.6 Å². The topological polar surface area (TPSA) is 96.3 Å².